The van der Waals surface area contributed by atoms with Gasteiger partial charge in [-0.1, -0.05) is 263 Å². The lowest BCUT2D eigenvalue weighted by atomic mass is 9.79. The molecule has 516 valence electrons. The lowest BCUT2D eigenvalue weighted by Gasteiger charge is -2.23. The molecule has 22 aromatic rings. The van der Waals surface area contributed by atoms with Crippen LogP contribution in [-0.2, 0) is 27.1 Å². The highest BCUT2D eigenvalue weighted by atomic mass is 16.3. The van der Waals surface area contributed by atoms with E-state index in [0.717, 1.165) is 11.2 Å². The smallest absolute Gasteiger partial charge is 0.145 e. The topological polar surface area (TPSA) is 26.4 Å². The van der Waals surface area contributed by atoms with Crippen molar-refractivity contribution in [1.29, 1.82) is 0 Å². The summed E-state index contributed by atoms with van der Waals surface area (Å²) in [6, 6.07) is 102. The fourth-order valence-corrected chi connectivity index (χ4v) is 22.9. The molecular weight excluding hydrogens is 1320 g/mol. The van der Waals surface area contributed by atoms with Gasteiger partial charge in [0.2, 0.25) is 0 Å². The molecule has 7 heterocycles. The molecule has 0 bridgehead atoms. The first-order valence-electron chi connectivity index (χ1n) is 39.1. The van der Waals surface area contributed by atoms with Gasteiger partial charge >= 0.3 is 0 Å². The average molecular weight is 1390 g/mol. The number of hydrogen-bond acceptors (Lipinski definition) is 1. The fourth-order valence-electron chi connectivity index (χ4n) is 22.9. The molecule has 27 rings (SSSR count). The quantitative estimate of drug-likeness (QED) is 0.149. The maximum Gasteiger partial charge on any atom is 0.145 e. The van der Waals surface area contributed by atoms with Crippen molar-refractivity contribution in [1.82, 2.24) is 13.2 Å². The van der Waals surface area contributed by atoms with E-state index in [0.29, 0.717) is 0 Å². The van der Waals surface area contributed by atoms with Crippen LogP contribution in [0.1, 0.15) is 125 Å². The monoisotopic (exact) mass is 1390 g/mol. The molecule has 0 aliphatic heterocycles. The van der Waals surface area contributed by atoms with Gasteiger partial charge in [0.15, 0.2) is 0 Å². The zero-order valence-electron chi connectivity index (χ0n) is 62.7. The summed E-state index contributed by atoms with van der Waals surface area (Å²) >= 11 is 0. The van der Waals surface area contributed by atoms with E-state index < -0.39 is 0 Å². The van der Waals surface area contributed by atoms with Gasteiger partial charge in [0, 0.05) is 97.1 Å². The summed E-state index contributed by atoms with van der Waals surface area (Å²) in [5.41, 5.74) is 41.9. The molecular formula is C105H75N3O. The largest absolute Gasteiger partial charge is 0.455 e. The van der Waals surface area contributed by atoms with Gasteiger partial charge in [0.1, 0.15) is 11.2 Å². The molecule has 0 N–H and O–H groups in total. The number of furan rings is 1. The molecule has 0 atom stereocenters. The summed E-state index contributed by atoms with van der Waals surface area (Å²) in [5.74, 6) is 0. The minimum Gasteiger partial charge on any atom is -0.455 e. The van der Waals surface area contributed by atoms with Crippen LogP contribution < -0.4 is 0 Å². The van der Waals surface area contributed by atoms with Crippen LogP contribution in [-0.4, -0.2) is 13.2 Å². The minimum absolute atomic E-state index is 0.0186. The maximum absolute atomic E-state index is 6.51. The molecule has 0 radical (unpaired) electrons. The van der Waals surface area contributed by atoms with Crippen LogP contribution in [0.25, 0.3) is 192 Å². The second-order valence-corrected chi connectivity index (χ2v) is 34.9. The Labute approximate surface area is 630 Å². The van der Waals surface area contributed by atoms with Crippen molar-refractivity contribution in [3.8, 4) is 55.6 Å². The van der Waals surface area contributed by atoms with E-state index in [-0.39, 0.29) is 27.1 Å². The summed E-state index contributed by atoms with van der Waals surface area (Å²) in [6.45, 7) is 23.9. The van der Waals surface area contributed by atoms with Crippen molar-refractivity contribution in [2.45, 2.75) is 96.3 Å². The molecule has 0 unspecified atom stereocenters. The molecule has 0 spiro atoms. The number of para-hydroxylation sites is 4. The summed E-state index contributed by atoms with van der Waals surface area (Å²) in [6.07, 6.45) is 0. The Balaban J connectivity index is 0.0000000937. The standard InChI is InChI=1S/2C36H27N.C33H21NO/c1-35(2)26-14-8-5-11-20(26)23-17-25-31(19-28(23)35)37-30-16-10-7-12-21(30)24-18-29-32(33(25)34(24)37)22-13-6-9-15-27(22)36(29,3)4;1-35(2)27-14-8-5-11-20(27)23-17-26-31(19-29(23)35)37-30-16-10-7-13-22(30)25-18-24-21-12-6-9-15-28(21)36(3,4)33(24)32(26)34(25)37;1-33(2)25-12-6-3-9-18(25)21-15-22-23-16-24-19-10-5-8-14-29(19)35-32(24)30-20-11-4-7-13-27(20)34(31(23)30)28(22)17-26(21)33/h2*5-19H,1-4H3;3-17H,1-2H3. The van der Waals surface area contributed by atoms with Gasteiger partial charge in [0.25, 0.3) is 0 Å². The number of rotatable bonds is 0. The summed E-state index contributed by atoms with van der Waals surface area (Å²) in [5, 5.41) is 18.5. The third-order valence-electron chi connectivity index (χ3n) is 27.9. The van der Waals surface area contributed by atoms with Crippen molar-refractivity contribution < 1.29 is 4.42 Å². The molecule has 5 aliphatic rings. The van der Waals surface area contributed by atoms with E-state index in [9.17, 15) is 0 Å². The van der Waals surface area contributed by atoms with Crippen molar-refractivity contribution in [2.75, 3.05) is 0 Å². The second-order valence-electron chi connectivity index (χ2n) is 34.9. The Bertz CT molecular complexity index is 7930. The zero-order valence-corrected chi connectivity index (χ0v) is 62.7. The number of benzene rings is 15. The van der Waals surface area contributed by atoms with E-state index in [2.05, 4.69) is 355 Å². The van der Waals surface area contributed by atoms with E-state index in [4.69, 9.17) is 4.42 Å². The number of nitrogens with zero attached hydrogens (tertiary/aromatic N) is 3. The van der Waals surface area contributed by atoms with E-state index in [1.165, 1.54) is 236 Å². The molecule has 0 saturated heterocycles. The Morgan fingerprint density at radius 1 is 0.211 bits per heavy atom. The maximum atomic E-state index is 6.51. The van der Waals surface area contributed by atoms with Crippen LogP contribution >= 0.6 is 0 Å². The molecule has 0 saturated carbocycles. The van der Waals surface area contributed by atoms with Crippen LogP contribution in [0, 0.1) is 0 Å². The van der Waals surface area contributed by atoms with Gasteiger partial charge in [-0.25, -0.2) is 0 Å². The highest BCUT2D eigenvalue weighted by Crippen LogP contribution is 2.61. The highest BCUT2D eigenvalue weighted by molar-refractivity contribution is 6.34. The van der Waals surface area contributed by atoms with E-state index in [1.54, 1.807) is 0 Å². The Kier molecular flexibility index (Phi) is 11.0. The first kappa shape index (κ1) is 60.6. The van der Waals surface area contributed by atoms with Crippen LogP contribution in [0.15, 0.2) is 277 Å². The number of aromatic nitrogens is 3. The molecule has 0 fully saturated rings. The first-order chi connectivity index (χ1) is 52.9. The fraction of sp³-hybridized carbons (Fsp3) is 0.143. The number of fused-ring (bicyclic) bond motifs is 39. The molecule has 5 aliphatic carbocycles. The van der Waals surface area contributed by atoms with Crippen molar-refractivity contribution in [3.05, 3.63) is 329 Å². The minimum atomic E-state index is -0.0610. The zero-order chi connectivity index (χ0) is 72.7. The van der Waals surface area contributed by atoms with Gasteiger partial charge < -0.3 is 17.6 Å². The Morgan fingerprint density at radius 3 is 1.09 bits per heavy atom. The Hall–Kier alpha value is -12.5. The number of hydrogen-bond donors (Lipinski definition) is 0. The third kappa shape index (κ3) is 7.12. The molecule has 4 heteroatoms. The first-order valence-corrected chi connectivity index (χ1v) is 39.1. The van der Waals surface area contributed by atoms with Crippen LogP contribution in [0.5, 0.6) is 0 Å². The van der Waals surface area contributed by atoms with Crippen LogP contribution in [0.3, 0.4) is 0 Å². The lowest BCUT2D eigenvalue weighted by Crippen LogP contribution is -2.15. The third-order valence-corrected chi connectivity index (χ3v) is 27.9. The van der Waals surface area contributed by atoms with Gasteiger partial charge in [-0.3, -0.25) is 0 Å². The van der Waals surface area contributed by atoms with Gasteiger partial charge in [-0.2, -0.15) is 0 Å². The predicted molar refractivity (Wildman–Crippen MR) is 458 cm³/mol. The van der Waals surface area contributed by atoms with E-state index in [1.807, 2.05) is 0 Å². The predicted octanol–water partition coefficient (Wildman–Crippen LogP) is 27.9. The summed E-state index contributed by atoms with van der Waals surface area (Å²) in [7, 11) is 0. The van der Waals surface area contributed by atoms with Crippen molar-refractivity contribution in [2.24, 2.45) is 0 Å². The lowest BCUT2D eigenvalue weighted by molar-refractivity contribution is 0.661. The molecule has 7 aromatic heterocycles. The molecule has 4 nitrogen and oxygen atoms in total. The molecule has 15 aromatic carbocycles. The van der Waals surface area contributed by atoms with Crippen LogP contribution in [0.2, 0.25) is 0 Å². The Morgan fingerprint density at radius 2 is 0.560 bits per heavy atom. The van der Waals surface area contributed by atoms with Gasteiger partial charge in [-0.05, 0) is 190 Å². The van der Waals surface area contributed by atoms with Crippen molar-refractivity contribution >= 4 is 136 Å². The van der Waals surface area contributed by atoms with Gasteiger partial charge in [0.05, 0.1) is 55.0 Å². The van der Waals surface area contributed by atoms with Crippen LogP contribution in [0.4, 0.5) is 0 Å². The summed E-state index contributed by atoms with van der Waals surface area (Å²) in [4.78, 5) is 0. The summed E-state index contributed by atoms with van der Waals surface area (Å²) < 4.78 is 14.1. The molecule has 0 amide bonds. The van der Waals surface area contributed by atoms with Crippen molar-refractivity contribution in [3.63, 3.8) is 0 Å². The highest BCUT2D eigenvalue weighted by Gasteiger charge is 2.44. The molecule has 109 heavy (non-hydrogen) atoms. The van der Waals surface area contributed by atoms with Gasteiger partial charge in [-0.15, -0.1) is 0 Å². The normalized spacial score (nSPS) is 16.0. The second kappa shape index (κ2) is 19.8. The van der Waals surface area contributed by atoms with E-state index >= 15 is 0 Å². The average Bonchev–Trinajstić information content (AvgIpc) is 1.52. The SMILES string of the molecule is CC1(C)c2ccccc2-c2cc3c4c5c(cc6c7ccccc7n(c3cc21)c64)-c1ccccc1C5(C)C.CC1(C)c2ccccc2-c2cc3c4c5c(cc6c7ccccc7n(c3cc21)c64)C(C)(C)c1ccccc1-5.CC1(C)c2ccccc2-c2cc3c4cc5c6ccccc6oc5c5c6ccccc6n(c3cc21)c45.